The van der Waals surface area contributed by atoms with Crippen molar-refractivity contribution in [3.63, 3.8) is 0 Å². The average molecular weight is 630 g/mol. The van der Waals surface area contributed by atoms with Gasteiger partial charge in [0.2, 0.25) is 15.9 Å². The number of fused-ring (bicyclic) bond motifs is 2. The van der Waals surface area contributed by atoms with Crippen LogP contribution in [0.5, 0.6) is 17.2 Å². The summed E-state index contributed by atoms with van der Waals surface area (Å²) in [5, 5.41) is 0.703. The zero-order valence-electron chi connectivity index (χ0n) is 25.7. The molecule has 234 valence electrons. The first-order chi connectivity index (χ1) is 21.7. The molecule has 1 aliphatic heterocycles. The number of carbonyl (C=O) groups excluding carboxylic acids is 2. The normalized spacial score (nSPS) is 14.4. The van der Waals surface area contributed by atoms with E-state index in [1.54, 1.807) is 59.6 Å². The monoisotopic (exact) mass is 629 g/mol. The van der Waals surface area contributed by atoms with Crippen molar-refractivity contribution >= 4 is 44.1 Å². The molecular weight excluding hydrogens is 594 g/mol. The zero-order chi connectivity index (χ0) is 31.9. The minimum atomic E-state index is -4.13. The average Bonchev–Trinajstić information content (AvgIpc) is 3.82. The number of pyridine rings is 1. The molecule has 0 spiro atoms. The molecule has 0 atom stereocenters. The summed E-state index contributed by atoms with van der Waals surface area (Å²) < 4.78 is 46.1. The highest BCUT2D eigenvalue weighted by Crippen LogP contribution is 2.46. The summed E-state index contributed by atoms with van der Waals surface area (Å²) in [5.41, 5.74) is 3.81. The van der Waals surface area contributed by atoms with Gasteiger partial charge in [-0.1, -0.05) is 24.3 Å². The number of amides is 2. The minimum absolute atomic E-state index is 0.197. The smallest absolute Gasteiger partial charge is 0.262 e. The topological polar surface area (TPSA) is 115 Å². The van der Waals surface area contributed by atoms with Gasteiger partial charge in [-0.05, 0) is 75.1 Å². The number of hydrogen-bond donors (Lipinski definition) is 0. The predicted molar refractivity (Wildman–Crippen MR) is 172 cm³/mol. The fraction of sp³-hybridized carbons (Fsp3) is 0.324. The zero-order valence-corrected chi connectivity index (χ0v) is 26.5. The summed E-state index contributed by atoms with van der Waals surface area (Å²) in [6, 6.07) is 15.5. The molecule has 2 aliphatic rings. The summed E-state index contributed by atoms with van der Waals surface area (Å²) in [7, 11) is -2.69. The second-order valence-corrected chi connectivity index (χ2v) is 12.9. The van der Waals surface area contributed by atoms with Crippen LogP contribution in [0, 0.1) is 12.8 Å². The molecule has 45 heavy (non-hydrogen) atoms. The van der Waals surface area contributed by atoms with Crippen molar-refractivity contribution in [3.05, 3.63) is 83.0 Å². The van der Waals surface area contributed by atoms with E-state index in [2.05, 4.69) is 4.98 Å². The Morgan fingerprint density at radius 3 is 2.44 bits per heavy atom. The van der Waals surface area contributed by atoms with E-state index >= 15 is 0 Å². The maximum atomic E-state index is 14.0. The second kappa shape index (κ2) is 12.0. The third-order valence-corrected chi connectivity index (χ3v) is 9.66. The molecule has 1 aromatic heterocycles. The lowest BCUT2D eigenvalue weighted by molar-refractivity contribution is -0.118. The molecule has 1 aliphatic carbocycles. The Kier molecular flexibility index (Phi) is 8.13. The van der Waals surface area contributed by atoms with E-state index in [9.17, 15) is 18.0 Å². The van der Waals surface area contributed by atoms with Crippen molar-refractivity contribution in [3.8, 4) is 17.2 Å². The van der Waals surface area contributed by atoms with E-state index in [0.717, 1.165) is 4.31 Å². The number of nitrogens with zero attached hydrogens (tertiary/aromatic N) is 3. The number of rotatable bonds is 11. The number of ether oxygens (including phenoxy) is 3. The molecule has 4 aromatic rings. The van der Waals surface area contributed by atoms with Gasteiger partial charge in [0.25, 0.3) is 5.91 Å². The molecular formula is C34H35N3O7S. The highest BCUT2D eigenvalue weighted by atomic mass is 32.2. The molecule has 0 saturated heterocycles. The van der Waals surface area contributed by atoms with E-state index in [4.69, 9.17) is 14.2 Å². The lowest BCUT2D eigenvalue weighted by Gasteiger charge is -2.25. The second-order valence-electron chi connectivity index (χ2n) is 11.1. The van der Waals surface area contributed by atoms with E-state index < -0.39 is 21.7 Å². The van der Waals surface area contributed by atoms with Crippen LogP contribution in [0.2, 0.25) is 0 Å². The third-order valence-electron chi connectivity index (χ3n) is 8.03. The summed E-state index contributed by atoms with van der Waals surface area (Å²) in [6.07, 6.45) is 3.00. The number of para-hydroxylation sites is 2. The van der Waals surface area contributed by atoms with Crippen molar-refractivity contribution in [1.82, 2.24) is 4.98 Å². The summed E-state index contributed by atoms with van der Waals surface area (Å²) >= 11 is 0. The van der Waals surface area contributed by atoms with Crippen molar-refractivity contribution < 1.29 is 32.2 Å². The molecule has 3 aromatic carbocycles. The highest BCUT2D eigenvalue weighted by Gasteiger charge is 2.41. The number of methoxy groups -OCH3 is 1. The summed E-state index contributed by atoms with van der Waals surface area (Å²) in [4.78, 5) is 33.5. The van der Waals surface area contributed by atoms with Gasteiger partial charge in [-0.25, -0.2) is 12.7 Å². The van der Waals surface area contributed by atoms with E-state index in [-0.39, 0.29) is 24.1 Å². The Morgan fingerprint density at radius 2 is 1.76 bits per heavy atom. The molecule has 2 amide bonds. The van der Waals surface area contributed by atoms with Gasteiger partial charge in [0.05, 0.1) is 38.2 Å². The van der Waals surface area contributed by atoms with Gasteiger partial charge < -0.3 is 19.1 Å². The van der Waals surface area contributed by atoms with Crippen LogP contribution in [0.3, 0.4) is 0 Å². The van der Waals surface area contributed by atoms with Gasteiger partial charge in [0, 0.05) is 28.8 Å². The van der Waals surface area contributed by atoms with E-state index in [0.29, 0.717) is 82.1 Å². The summed E-state index contributed by atoms with van der Waals surface area (Å²) in [6.45, 7) is 6.60. The largest absolute Gasteiger partial charge is 0.495 e. The van der Waals surface area contributed by atoms with Gasteiger partial charge >= 0.3 is 0 Å². The Balaban J connectivity index is 1.34. The van der Waals surface area contributed by atoms with Crippen molar-refractivity contribution in [1.29, 1.82) is 0 Å². The SMILES string of the molecule is CCOc1c2c(c(OCC)c3ncccc13)CN(c1ccc(CS(=O)(=O)N(C(=O)C3CC3)c3ccccc3OC)cc1C)C2=O. The maximum absolute atomic E-state index is 14.0. The van der Waals surface area contributed by atoms with Crippen LogP contribution in [-0.2, 0) is 27.1 Å². The number of carbonyl (C=O) groups is 2. The molecule has 6 rings (SSSR count). The molecule has 1 fully saturated rings. The summed E-state index contributed by atoms with van der Waals surface area (Å²) in [5.74, 6) is -0.0886. The van der Waals surface area contributed by atoms with Crippen LogP contribution in [0.25, 0.3) is 10.9 Å². The van der Waals surface area contributed by atoms with Crippen LogP contribution in [-0.4, -0.2) is 45.5 Å². The van der Waals surface area contributed by atoms with Crippen LogP contribution < -0.4 is 23.4 Å². The van der Waals surface area contributed by atoms with Crippen LogP contribution >= 0.6 is 0 Å². The van der Waals surface area contributed by atoms with Crippen LogP contribution in [0.1, 0.15) is 53.7 Å². The molecule has 0 radical (unpaired) electrons. The van der Waals surface area contributed by atoms with E-state index in [1.165, 1.54) is 7.11 Å². The first-order valence-electron chi connectivity index (χ1n) is 15.0. The Morgan fingerprint density at radius 1 is 1.02 bits per heavy atom. The quantitative estimate of drug-likeness (QED) is 0.205. The van der Waals surface area contributed by atoms with Gasteiger partial charge in [-0.2, -0.15) is 0 Å². The molecule has 0 unspecified atom stereocenters. The first kappa shape index (κ1) is 30.4. The maximum Gasteiger partial charge on any atom is 0.262 e. The molecule has 1 saturated carbocycles. The first-order valence-corrected chi connectivity index (χ1v) is 16.6. The number of hydrogen-bond acceptors (Lipinski definition) is 8. The van der Waals surface area contributed by atoms with Crippen molar-refractivity contribution in [2.75, 3.05) is 29.5 Å². The third kappa shape index (κ3) is 5.45. The minimum Gasteiger partial charge on any atom is -0.495 e. The van der Waals surface area contributed by atoms with Gasteiger partial charge in [0.1, 0.15) is 22.7 Å². The number of sulfonamides is 1. The number of aryl methyl sites for hydroxylation is 1. The predicted octanol–water partition coefficient (Wildman–Crippen LogP) is 5.78. The van der Waals surface area contributed by atoms with Gasteiger partial charge in [-0.3, -0.25) is 14.6 Å². The highest BCUT2D eigenvalue weighted by molar-refractivity contribution is 7.92. The molecule has 0 bridgehead atoms. The van der Waals surface area contributed by atoms with E-state index in [1.807, 2.05) is 26.8 Å². The molecule has 11 heteroatoms. The Labute approximate surface area is 262 Å². The Bertz CT molecular complexity index is 1920. The number of aromatic nitrogens is 1. The number of benzene rings is 3. The van der Waals surface area contributed by atoms with Crippen molar-refractivity contribution in [2.24, 2.45) is 5.92 Å². The fourth-order valence-electron chi connectivity index (χ4n) is 5.91. The number of anilines is 2. The fourth-order valence-corrected chi connectivity index (χ4v) is 7.52. The van der Waals surface area contributed by atoms with Crippen molar-refractivity contribution in [2.45, 2.75) is 45.9 Å². The van der Waals surface area contributed by atoms with Gasteiger partial charge in [0.15, 0.2) is 5.75 Å². The molecule has 0 N–H and O–H groups in total. The molecule has 10 nitrogen and oxygen atoms in total. The van der Waals surface area contributed by atoms with Gasteiger partial charge in [-0.15, -0.1) is 0 Å². The van der Waals surface area contributed by atoms with Crippen LogP contribution in [0.15, 0.2) is 60.8 Å². The lowest BCUT2D eigenvalue weighted by atomic mass is 10.0. The Hall–Kier alpha value is -4.64. The standard InChI is InChI=1S/C34H35N3O7S/c1-5-43-31-24-10-9-17-35-30(24)32(44-6-2)25-19-36(34(39)29(25)31)26-16-13-22(18-21(26)3)20-45(40,41)37(33(38)23-14-15-23)27-11-7-8-12-28(27)42-4/h7-13,16-18,23H,5-6,14-15,19-20H2,1-4H3. The van der Waals surface area contributed by atoms with Crippen LogP contribution in [0.4, 0.5) is 11.4 Å². The molecule has 2 heterocycles. The lowest BCUT2D eigenvalue weighted by Crippen LogP contribution is -2.39.